The maximum absolute atomic E-state index is 4.44. The molecule has 3 aromatic heterocycles. The molecule has 3 rings (SSSR count). The van der Waals surface area contributed by atoms with Crippen molar-refractivity contribution in [1.82, 2.24) is 29.9 Å². The molecule has 0 bridgehead atoms. The van der Waals surface area contributed by atoms with Gasteiger partial charge in [-0.25, -0.2) is 0 Å². The van der Waals surface area contributed by atoms with Crippen LogP contribution in [0.2, 0.25) is 0 Å². The highest BCUT2D eigenvalue weighted by atomic mass is 15.3. The molecule has 19 heavy (non-hydrogen) atoms. The average molecular weight is 258 g/mol. The van der Waals surface area contributed by atoms with Crippen LogP contribution in [0, 0.1) is 0 Å². The van der Waals surface area contributed by atoms with Crippen LogP contribution in [0.5, 0.6) is 0 Å². The molecule has 0 unspecified atom stereocenters. The molecule has 0 aliphatic carbocycles. The van der Waals surface area contributed by atoms with E-state index in [4.69, 9.17) is 0 Å². The van der Waals surface area contributed by atoms with Gasteiger partial charge >= 0.3 is 0 Å². The first-order chi connectivity index (χ1) is 9.26. The minimum Gasteiger partial charge on any atom is -0.354 e. The van der Waals surface area contributed by atoms with Crippen LogP contribution >= 0.6 is 0 Å². The van der Waals surface area contributed by atoms with E-state index < -0.39 is 0 Å². The van der Waals surface area contributed by atoms with E-state index in [0.717, 1.165) is 17.6 Å². The van der Waals surface area contributed by atoms with Gasteiger partial charge in [-0.15, -0.1) is 0 Å². The normalized spacial score (nSPS) is 10.8. The smallest absolute Gasteiger partial charge is 0.226 e. The van der Waals surface area contributed by atoms with Crippen LogP contribution in [0.25, 0.3) is 11.0 Å². The highest BCUT2D eigenvalue weighted by Gasteiger charge is 2.10. The Morgan fingerprint density at radius 2 is 2.21 bits per heavy atom. The lowest BCUT2D eigenvalue weighted by molar-refractivity contribution is 0.768. The lowest BCUT2D eigenvalue weighted by atomic mass is 10.4. The van der Waals surface area contributed by atoms with Crippen LogP contribution in [-0.2, 0) is 7.05 Å². The van der Waals surface area contributed by atoms with E-state index in [0.29, 0.717) is 17.4 Å². The number of H-pyrrole nitrogens is 1. The fourth-order valence-corrected chi connectivity index (χ4v) is 1.79. The topological polar surface area (TPSA) is 96.3 Å². The third-order valence-corrected chi connectivity index (χ3v) is 2.61. The second kappa shape index (κ2) is 4.56. The highest BCUT2D eigenvalue weighted by molar-refractivity contribution is 5.88. The molecule has 0 aromatic carbocycles. The van der Waals surface area contributed by atoms with Crippen molar-refractivity contribution in [2.75, 3.05) is 17.2 Å². The van der Waals surface area contributed by atoms with Crippen molar-refractivity contribution in [2.45, 2.75) is 6.92 Å². The van der Waals surface area contributed by atoms with E-state index in [1.165, 1.54) is 0 Å². The standard InChI is InChI=1S/C11H14N8/c1-3-12-11-16-9(8-5-13-18-10(8)17-11)15-7-4-14-19(2)6-7/h4-6H,3H2,1-2H3,(H3,12,13,15,16,17,18). The second-order valence-corrected chi connectivity index (χ2v) is 4.09. The SMILES string of the molecule is CCNc1nc(Nc2cnn(C)c2)c2cn[nH]c2n1. The third-order valence-electron chi connectivity index (χ3n) is 2.61. The zero-order valence-electron chi connectivity index (χ0n) is 10.7. The van der Waals surface area contributed by atoms with Gasteiger partial charge in [0.05, 0.1) is 23.5 Å². The van der Waals surface area contributed by atoms with E-state index in [1.807, 2.05) is 20.2 Å². The maximum Gasteiger partial charge on any atom is 0.226 e. The summed E-state index contributed by atoms with van der Waals surface area (Å²) in [5.41, 5.74) is 1.56. The Labute approximate surface area is 109 Å². The molecule has 0 spiro atoms. The molecule has 3 aromatic rings. The number of aromatic nitrogens is 6. The van der Waals surface area contributed by atoms with Crippen LogP contribution in [-0.4, -0.2) is 36.5 Å². The number of aryl methyl sites for hydroxylation is 1. The molecule has 0 atom stereocenters. The summed E-state index contributed by atoms with van der Waals surface area (Å²) in [5, 5.41) is 18.1. The fourth-order valence-electron chi connectivity index (χ4n) is 1.79. The van der Waals surface area contributed by atoms with E-state index in [-0.39, 0.29) is 0 Å². The molecule has 0 saturated carbocycles. The van der Waals surface area contributed by atoms with Crippen molar-refractivity contribution in [2.24, 2.45) is 7.05 Å². The number of rotatable bonds is 4. The molecule has 0 saturated heterocycles. The monoisotopic (exact) mass is 258 g/mol. The maximum atomic E-state index is 4.44. The number of nitrogens with one attached hydrogen (secondary N) is 3. The van der Waals surface area contributed by atoms with Crippen LogP contribution in [0.1, 0.15) is 6.92 Å². The summed E-state index contributed by atoms with van der Waals surface area (Å²) in [6.07, 6.45) is 5.31. The molecule has 3 N–H and O–H groups in total. The van der Waals surface area contributed by atoms with Crippen molar-refractivity contribution in [3.05, 3.63) is 18.6 Å². The Bertz CT molecular complexity index is 698. The summed E-state index contributed by atoms with van der Waals surface area (Å²) in [6, 6.07) is 0. The Morgan fingerprint density at radius 1 is 1.32 bits per heavy atom. The molecule has 0 radical (unpaired) electrons. The molecule has 0 aliphatic rings. The predicted octanol–water partition coefficient (Wildman–Crippen LogP) is 1.26. The van der Waals surface area contributed by atoms with Crippen LogP contribution in [0.4, 0.5) is 17.5 Å². The van der Waals surface area contributed by atoms with Crippen molar-refractivity contribution in [3.63, 3.8) is 0 Å². The number of nitrogens with zero attached hydrogens (tertiary/aromatic N) is 5. The van der Waals surface area contributed by atoms with E-state index in [1.54, 1.807) is 17.1 Å². The third kappa shape index (κ3) is 2.19. The molecule has 8 heteroatoms. The summed E-state index contributed by atoms with van der Waals surface area (Å²) in [5.74, 6) is 1.26. The van der Waals surface area contributed by atoms with Gasteiger partial charge in [0.1, 0.15) is 5.82 Å². The summed E-state index contributed by atoms with van der Waals surface area (Å²) < 4.78 is 1.72. The Balaban J connectivity index is 2.02. The number of fused-ring (bicyclic) bond motifs is 1. The minimum absolute atomic E-state index is 0.561. The van der Waals surface area contributed by atoms with Crippen molar-refractivity contribution < 1.29 is 0 Å². The van der Waals surface area contributed by atoms with Crippen LogP contribution in [0.15, 0.2) is 18.6 Å². The summed E-state index contributed by atoms with van der Waals surface area (Å²) >= 11 is 0. The number of hydrogen-bond acceptors (Lipinski definition) is 6. The van der Waals surface area contributed by atoms with Gasteiger partial charge in [0.2, 0.25) is 5.95 Å². The van der Waals surface area contributed by atoms with Crippen molar-refractivity contribution >= 4 is 28.5 Å². The first-order valence-corrected chi connectivity index (χ1v) is 5.97. The second-order valence-electron chi connectivity index (χ2n) is 4.09. The molecule has 0 amide bonds. The van der Waals surface area contributed by atoms with E-state index >= 15 is 0 Å². The van der Waals surface area contributed by atoms with E-state index in [2.05, 4.69) is 35.9 Å². The van der Waals surface area contributed by atoms with Gasteiger partial charge < -0.3 is 10.6 Å². The van der Waals surface area contributed by atoms with Gasteiger partial charge in [-0.05, 0) is 6.92 Å². The van der Waals surface area contributed by atoms with Gasteiger partial charge in [-0.1, -0.05) is 0 Å². The number of hydrogen-bond donors (Lipinski definition) is 3. The van der Waals surface area contributed by atoms with Gasteiger partial charge in [0.15, 0.2) is 5.65 Å². The lowest BCUT2D eigenvalue weighted by Crippen LogP contribution is -2.04. The predicted molar refractivity (Wildman–Crippen MR) is 72.3 cm³/mol. The van der Waals surface area contributed by atoms with Crippen LogP contribution < -0.4 is 10.6 Å². The van der Waals surface area contributed by atoms with Crippen LogP contribution in [0.3, 0.4) is 0 Å². The molecule has 98 valence electrons. The largest absolute Gasteiger partial charge is 0.354 e. The summed E-state index contributed by atoms with van der Waals surface area (Å²) in [4.78, 5) is 8.77. The molecular weight excluding hydrogens is 244 g/mol. The molecule has 8 nitrogen and oxygen atoms in total. The van der Waals surface area contributed by atoms with Crippen molar-refractivity contribution in [1.29, 1.82) is 0 Å². The van der Waals surface area contributed by atoms with Gasteiger partial charge in [0, 0.05) is 19.8 Å². The zero-order chi connectivity index (χ0) is 13.2. The quantitative estimate of drug-likeness (QED) is 0.652. The Morgan fingerprint density at radius 3 is 2.95 bits per heavy atom. The Kier molecular flexibility index (Phi) is 2.75. The summed E-state index contributed by atoms with van der Waals surface area (Å²) in [7, 11) is 1.86. The fraction of sp³-hybridized carbons (Fsp3) is 0.273. The van der Waals surface area contributed by atoms with Gasteiger partial charge in [-0.2, -0.15) is 20.2 Å². The van der Waals surface area contributed by atoms with Gasteiger partial charge in [-0.3, -0.25) is 9.78 Å². The highest BCUT2D eigenvalue weighted by Crippen LogP contribution is 2.23. The summed E-state index contributed by atoms with van der Waals surface area (Å²) in [6.45, 7) is 2.75. The molecule has 0 fully saturated rings. The average Bonchev–Trinajstić information content (AvgIpc) is 2.99. The van der Waals surface area contributed by atoms with Gasteiger partial charge in [0.25, 0.3) is 0 Å². The first kappa shape index (κ1) is 11.5. The number of aromatic amines is 1. The van der Waals surface area contributed by atoms with E-state index in [9.17, 15) is 0 Å². The van der Waals surface area contributed by atoms with Crippen molar-refractivity contribution in [3.8, 4) is 0 Å². The number of anilines is 3. The Hall–Kier alpha value is -2.64. The molecule has 0 aliphatic heterocycles. The zero-order valence-corrected chi connectivity index (χ0v) is 10.7. The lowest BCUT2D eigenvalue weighted by Gasteiger charge is -2.07. The molecular formula is C11H14N8. The minimum atomic E-state index is 0.561. The molecule has 3 heterocycles. The first-order valence-electron chi connectivity index (χ1n) is 5.97.